The smallest absolute Gasteiger partial charge is 0.277 e. The summed E-state index contributed by atoms with van der Waals surface area (Å²) in [5, 5.41) is 0.525. The van der Waals surface area contributed by atoms with Gasteiger partial charge in [0.25, 0.3) is 5.56 Å². The predicted octanol–water partition coefficient (Wildman–Crippen LogP) is 2.31. The highest BCUT2D eigenvalue weighted by Crippen LogP contribution is 2.21. The Morgan fingerprint density at radius 1 is 1.45 bits per heavy atom. The lowest BCUT2D eigenvalue weighted by molar-refractivity contribution is 0.0610. The van der Waals surface area contributed by atoms with Gasteiger partial charge in [-0.05, 0) is 48.8 Å². The lowest BCUT2D eigenvalue weighted by Crippen LogP contribution is -2.23. The Bertz CT molecular complexity index is 670. The number of ether oxygens (including phenoxy) is 1. The standard InChI is InChI=1S/C14H16N2O3S/c17-12(4-3-10-5-8-19-9-6-10)16-14(18)11-2-1-7-15-13(11)20-16/h1-2,7,10H,3-6,8-9H2. The molecule has 0 atom stereocenters. The first kappa shape index (κ1) is 13.5. The first-order valence-electron chi connectivity index (χ1n) is 6.83. The van der Waals surface area contributed by atoms with E-state index in [0.717, 1.165) is 44.0 Å². The van der Waals surface area contributed by atoms with Gasteiger partial charge in [-0.3, -0.25) is 9.59 Å². The minimum atomic E-state index is -0.241. The average Bonchev–Trinajstić information content (AvgIpc) is 2.84. The summed E-state index contributed by atoms with van der Waals surface area (Å²) in [4.78, 5) is 29.1. The number of pyridine rings is 1. The second kappa shape index (κ2) is 5.85. The van der Waals surface area contributed by atoms with Crippen LogP contribution in [-0.2, 0) is 4.74 Å². The molecule has 1 aliphatic rings. The van der Waals surface area contributed by atoms with Crippen molar-refractivity contribution >= 4 is 27.7 Å². The van der Waals surface area contributed by atoms with Gasteiger partial charge in [-0.15, -0.1) is 0 Å². The number of rotatable bonds is 3. The number of aromatic nitrogens is 2. The van der Waals surface area contributed by atoms with Gasteiger partial charge in [0.15, 0.2) is 0 Å². The molecule has 0 aliphatic carbocycles. The van der Waals surface area contributed by atoms with E-state index in [4.69, 9.17) is 4.74 Å². The van der Waals surface area contributed by atoms with E-state index in [1.165, 1.54) is 3.96 Å². The van der Waals surface area contributed by atoms with Crippen LogP contribution < -0.4 is 5.56 Å². The molecule has 2 aromatic heterocycles. The normalized spacial score (nSPS) is 16.6. The Labute approximate surface area is 120 Å². The quantitative estimate of drug-likeness (QED) is 0.871. The van der Waals surface area contributed by atoms with Crippen LogP contribution in [-0.4, -0.2) is 28.1 Å². The molecule has 1 aliphatic heterocycles. The molecule has 6 heteroatoms. The number of carbonyl (C=O) groups excluding carboxylic acids is 1. The van der Waals surface area contributed by atoms with Crippen molar-refractivity contribution in [3.8, 4) is 0 Å². The Morgan fingerprint density at radius 3 is 3.00 bits per heavy atom. The molecule has 0 spiro atoms. The SMILES string of the molecule is O=C(CCC1CCOCC1)n1sc2ncccc2c1=O. The van der Waals surface area contributed by atoms with Crippen molar-refractivity contribution in [1.29, 1.82) is 0 Å². The fraction of sp³-hybridized carbons (Fsp3) is 0.500. The molecule has 0 unspecified atom stereocenters. The Balaban J connectivity index is 1.72. The molecule has 3 heterocycles. The Morgan fingerprint density at radius 2 is 2.25 bits per heavy atom. The fourth-order valence-electron chi connectivity index (χ4n) is 2.49. The van der Waals surface area contributed by atoms with Gasteiger partial charge >= 0.3 is 0 Å². The van der Waals surface area contributed by atoms with Gasteiger partial charge in [-0.25, -0.2) is 4.98 Å². The van der Waals surface area contributed by atoms with Gasteiger partial charge in [0.05, 0.1) is 5.39 Å². The van der Waals surface area contributed by atoms with Crippen molar-refractivity contribution in [1.82, 2.24) is 8.94 Å². The molecule has 0 bridgehead atoms. The number of hydrogen-bond donors (Lipinski definition) is 0. The van der Waals surface area contributed by atoms with Crippen LogP contribution in [0.1, 0.15) is 30.5 Å². The van der Waals surface area contributed by atoms with Crippen LogP contribution in [0.5, 0.6) is 0 Å². The first-order valence-corrected chi connectivity index (χ1v) is 7.61. The van der Waals surface area contributed by atoms with E-state index in [-0.39, 0.29) is 11.5 Å². The Hall–Kier alpha value is -1.53. The summed E-state index contributed by atoms with van der Waals surface area (Å²) in [5.74, 6) is 0.417. The van der Waals surface area contributed by atoms with E-state index in [9.17, 15) is 9.59 Å². The topological polar surface area (TPSA) is 61.2 Å². The second-order valence-corrected chi connectivity index (χ2v) is 5.97. The largest absolute Gasteiger partial charge is 0.381 e. The highest BCUT2D eigenvalue weighted by Gasteiger charge is 2.18. The molecule has 1 saturated heterocycles. The lowest BCUT2D eigenvalue weighted by atomic mass is 9.95. The van der Waals surface area contributed by atoms with Gasteiger partial charge in [0.1, 0.15) is 4.83 Å². The zero-order chi connectivity index (χ0) is 13.9. The third-order valence-corrected chi connectivity index (χ3v) is 4.75. The van der Waals surface area contributed by atoms with Crippen molar-refractivity contribution in [2.24, 2.45) is 5.92 Å². The van der Waals surface area contributed by atoms with Crippen molar-refractivity contribution in [2.75, 3.05) is 13.2 Å². The highest BCUT2D eigenvalue weighted by atomic mass is 32.1. The predicted molar refractivity (Wildman–Crippen MR) is 77.3 cm³/mol. The van der Waals surface area contributed by atoms with E-state index in [2.05, 4.69) is 4.98 Å². The summed E-state index contributed by atoms with van der Waals surface area (Å²) >= 11 is 1.14. The molecule has 0 saturated carbocycles. The molecule has 0 aromatic carbocycles. The monoisotopic (exact) mass is 292 g/mol. The summed E-state index contributed by atoms with van der Waals surface area (Å²) in [6.45, 7) is 1.57. The van der Waals surface area contributed by atoms with E-state index < -0.39 is 0 Å². The maximum absolute atomic E-state index is 12.2. The van der Waals surface area contributed by atoms with Crippen molar-refractivity contribution in [2.45, 2.75) is 25.7 Å². The van der Waals surface area contributed by atoms with Crippen LogP contribution in [0, 0.1) is 5.92 Å². The zero-order valence-electron chi connectivity index (χ0n) is 11.1. The molecular formula is C14H16N2O3S. The lowest BCUT2D eigenvalue weighted by Gasteiger charge is -2.21. The third kappa shape index (κ3) is 2.66. The molecule has 0 radical (unpaired) electrons. The summed E-state index contributed by atoms with van der Waals surface area (Å²) in [6, 6.07) is 3.43. The molecule has 0 amide bonds. The van der Waals surface area contributed by atoms with Gasteiger partial charge in [-0.1, -0.05) is 0 Å². The van der Waals surface area contributed by atoms with Crippen molar-refractivity contribution < 1.29 is 9.53 Å². The van der Waals surface area contributed by atoms with Crippen LogP contribution in [0.15, 0.2) is 23.1 Å². The van der Waals surface area contributed by atoms with Gasteiger partial charge in [-0.2, -0.15) is 3.96 Å². The minimum absolute atomic E-state index is 0.121. The summed E-state index contributed by atoms with van der Waals surface area (Å²) in [5.41, 5.74) is -0.241. The molecule has 5 nitrogen and oxygen atoms in total. The van der Waals surface area contributed by atoms with Crippen molar-refractivity contribution in [3.63, 3.8) is 0 Å². The number of hydrogen-bond acceptors (Lipinski definition) is 5. The zero-order valence-corrected chi connectivity index (χ0v) is 11.9. The maximum Gasteiger partial charge on any atom is 0.277 e. The molecule has 0 N–H and O–H groups in total. The minimum Gasteiger partial charge on any atom is -0.381 e. The highest BCUT2D eigenvalue weighted by molar-refractivity contribution is 7.14. The number of carbonyl (C=O) groups is 1. The molecule has 2 aromatic rings. The maximum atomic E-state index is 12.2. The summed E-state index contributed by atoms with van der Waals surface area (Å²) in [6.07, 6.45) is 4.90. The van der Waals surface area contributed by atoms with Crippen molar-refractivity contribution in [3.05, 3.63) is 28.7 Å². The fourth-order valence-corrected chi connectivity index (χ4v) is 3.40. The van der Waals surface area contributed by atoms with Crippen LogP contribution in [0.2, 0.25) is 0 Å². The molecule has 1 fully saturated rings. The number of fused-ring (bicyclic) bond motifs is 1. The van der Waals surface area contributed by atoms with Crippen LogP contribution in [0.25, 0.3) is 10.2 Å². The number of nitrogens with zero attached hydrogens (tertiary/aromatic N) is 2. The van der Waals surface area contributed by atoms with Crippen LogP contribution in [0.4, 0.5) is 0 Å². The van der Waals surface area contributed by atoms with E-state index in [1.54, 1.807) is 18.3 Å². The van der Waals surface area contributed by atoms with E-state index in [1.807, 2.05) is 0 Å². The van der Waals surface area contributed by atoms with E-state index in [0.29, 0.717) is 22.6 Å². The molecular weight excluding hydrogens is 276 g/mol. The molecule has 3 rings (SSSR count). The van der Waals surface area contributed by atoms with Gasteiger partial charge in [0.2, 0.25) is 5.91 Å². The second-order valence-electron chi connectivity index (χ2n) is 5.04. The average molecular weight is 292 g/mol. The van der Waals surface area contributed by atoms with Gasteiger partial charge in [0, 0.05) is 25.8 Å². The Kier molecular flexibility index (Phi) is 3.93. The molecule has 106 valence electrons. The molecule has 20 heavy (non-hydrogen) atoms. The third-order valence-electron chi connectivity index (χ3n) is 3.70. The van der Waals surface area contributed by atoms with Crippen LogP contribution >= 0.6 is 11.5 Å². The van der Waals surface area contributed by atoms with Gasteiger partial charge < -0.3 is 4.74 Å². The summed E-state index contributed by atoms with van der Waals surface area (Å²) < 4.78 is 6.55. The van der Waals surface area contributed by atoms with E-state index >= 15 is 0 Å². The first-order chi connectivity index (χ1) is 9.75. The summed E-state index contributed by atoms with van der Waals surface area (Å²) in [7, 11) is 0. The van der Waals surface area contributed by atoms with Crippen LogP contribution in [0.3, 0.4) is 0 Å².